The van der Waals surface area contributed by atoms with Gasteiger partial charge in [0.25, 0.3) is 0 Å². The Morgan fingerprint density at radius 2 is 2.11 bits per heavy atom. The first-order chi connectivity index (χ1) is 13.1. The molecule has 0 spiro atoms. The molecule has 150 valence electrons. The van der Waals surface area contributed by atoms with Crippen molar-refractivity contribution in [3.05, 3.63) is 29.8 Å². The molecule has 0 aromatic heterocycles. The minimum atomic E-state index is -0.154. The summed E-state index contributed by atoms with van der Waals surface area (Å²) in [5, 5.41) is 3.38. The molecule has 0 amide bonds. The van der Waals surface area contributed by atoms with E-state index in [1.54, 1.807) is 14.2 Å². The molecule has 1 fully saturated rings. The second-order valence-corrected chi connectivity index (χ2v) is 6.75. The summed E-state index contributed by atoms with van der Waals surface area (Å²) >= 11 is 0. The summed E-state index contributed by atoms with van der Waals surface area (Å²) in [6.45, 7) is 5.43. The molecule has 2 atom stereocenters. The number of likely N-dealkylation sites (tertiary alicyclic amines) is 1. The second-order valence-electron chi connectivity index (χ2n) is 6.75. The highest BCUT2D eigenvalue weighted by Gasteiger charge is 2.36. The van der Waals surface area contributed by atoms with Gasteiger partial charge >= 0.3 is 5.97 Å². The van der Waals surface area contributed by atoms with E-state index in [4.69, 9.17) is 14.2 Å². The van der Waals surface area contributed by atoms with Gasteiger partial charge in [0.1, 0.15) is 5.75 Å². The van der Waals surface area contributed by atoms with E-state index in [0.29, 0.717) is 26.3 Å². The molecule has 1 heterocycles. The molecule has 1 saturated heterocycles. The molecule has 1 aliphatic rings. The third-order valence-corrected chi connectivity index (χ3v) is 4.74. The lowest BCUT2D eigenvalue weighted by atomic mass is 9.99. The number of esters is 1. The van der Waals surface area contributed by atoms with Crippen LogP contribution in [-0.2, 0) is 20.8 Å². The summed E-state index contributed by atoms with van der Waals surface area (Å²) in [5.74, 6) is 1.61. The maximum absolute atomic E-state index is 11.9. The van der Waals surface area contributed by atoms with Gasteiger partial charge in [-0.1, -0.05) is 19.1 Å². The van der Waals surface area contributed by atoms with Gasteiger partial charge in [0.05, 0.1) is 19.6 Å². The van der Waals surface area contributed by atoms with Crippen molar-refractivity contribution in [1.29, 1.82) is 0 Å². The van der Waals surface area contributed by atoms with E-state index in [2.05, 4.69) is 22.1 Å². The normalized spacial score (nSPS) is 19.9. The van der Waals surface area contributed by atoms with Crippen LogP contribution in [0.5, 0.6) is 5.75 Å². The molecule has 7 heteroatoms. The quantitative estimate of drug-likeness (QED) is 0.323. The fourth-order valence-corrected chi connectivity index (χ4v) is 3.25. The van der Waals surface area contributed by atoms with Crippen molar-refractivity contribution in [2.24, 2.45) is 16.8 Å². The van der Waals surface area contributed by atoms with Gasteiger partial charge in [0.15, 0.2) is 5.96 Å². The molecule has 2 rings (SSSR count). The number of guanidine groups is 1. The van der Waals surface area contributed by atoms with E-state index in [1.807, 2.05) is 24.3 Å². The van der Waals surface area contributed by atoms with Gasteiger partial charge in [0.2, 0.25) is 0 Å². The van der Waals surface area contributed by atoms with Crippen LogP contribution < -0.4 is 10.1 Å². The first-order valence-corrected chi connectivity index (χ1v) is 9.33. The minimum absolute atomic E-state index is 0.114. The highest BCUT2D eigenvalue weighted by atomic mass is 16.5. The number of ether oxygens (including phenoxy) is 3. The van der Waals surface area contributed by atoms with Crippen LogP contribution in [0.3, 0.4) is 0 Å². The molecule has 0 aliphatic carbocycles. The van der Waals surface area contributed by atoms with E-state index in [1.165, 1.54) is 7.11 Å². The molecular formula is C20H31N3O4. The van der Waals surface area contributed by atoms with Crippen LogP contribution in [0.25, 0.3) is 0 Å². The Balaban J connectivity index is 1.88. The Bertz CT molecular complexity index is 635. The number of nitrogens with one attached hydrogen (secondary N) is 1. The van der Waals surface area contributed by atoms with Crippen LogP contribution in [0.1, 0.15) is 18.9 Å². The van der Waals surface area contributed by atoms with Crippen LogP contribution in [0.4, 0.5) is 0 Å². The molecule has 27 heavy (non-hydrogen) atoms. The predicted octanol–water partition coefficient (Wildman–Crippen LogP) is 1.92. The van der Waals surface area contributed by atoms with Crippen LogP contribution >= 0.6 is 0 Å². The lowest BCUT2D eigenvalue weighted by molar-refractivity contribution is -0.145. The standard InChI is InChI=1S/C20H31N3O4/c1-15-13-23(14-18(15)19(24)26-4)20(21-2)22-12-16-7-5-8-17(11-16)27-10-6-9-25-3/h5,7-8,11,15,18H,6,9-10,12-14H2,1-4H3,(H,21,22). The largest absolute Gasteiger partial charge is 0.493 e. The highest BCUT2D eigenvalue weighted by Crippen LogP contribution is 2.24. The van der Waals surface area contributed by atoms with Crippen molar-refractivity contribution < 1.29 is 19.0 Å². The molecule has 1 aromatic rings. The Morgan fingerprint density at radius 1 is 1.30 bits per heavy atom. The molecule has 7 nitrogen and oxygen atoms in total. The first-order valence-electron chi connectivity index (χ1n) is 9.33. The Morgan fingerprint density at radius 3 is 2.81 bits per heavy atom. The predicted molar refractivity (Wildman–Crippen MR) is 105 cm³/mol. The number of carbonyl (C=O) groups is 1. The van der Waals surface area contributed by atoms with E-state index < -0.39 is 0 Å². The fraction of sp³-hybridized carbons (Fsp3) is 0.600. The highest BCUT2D eigenvalue weighted by molar-refractivity contribution is 5.82. The Hall–Kier alpha value is -2.28. The molecule has 1 aromatic carbocycles. The number of hydrogen-bond donors (Lipinski definition) is 1. The number of benzene rings is 1. The van der Waals surface area contributed by atoms with Gasteiger partial charge in [-0.15, -0.1) is 0 Å². The number of nitrogens with zero attached hydrogens (tertiary/aromatic N) is 2. The van der Waals surface area contributed by atoms with Crippen molar-refractivity contribution in [2.45, 2.75) is 19.9 Å². The van der Waals surface area contributed by atoms with Gasteiger partial charge in [-0.25, -0.2) is 0 Å². The number of rotatable bonds is 8. The average molecular weight is 377 g/mol. The molecular weight excluding hydrogens is 346 g/mol. The third-order valence-electron chi connectivity index (χ3n) is 4.74. The molecule has 2 unspecified atom stereocenters. The van der Waals surface area contributed by atoms with Gasteiger partial charge in [-0.05, 0) is 23.6 Å². The van der Waals surface area contributed by atoms with Crippen LogP contribution in [0.2, 0.25) is 0 Å². The van der Waals surface area contributed by atoms with E-state index in [-0.39, 0.29) is 17.8 Å². The van der Waals surface area contributed by atoms with Crippen LogP contribution in [-0.4, -0.2) is 64.4 Å². The van der Waals surface area contributed by atoms with E-state index in [9.17, 15) is 4.79 Å². The molecule has 0 radical (unpaired) electrons. The van der Waals surface area contributed by atoms with Gasteiger partial charge in [0, 0.05) is 46.8 Å². The Labute approximate surface area is 161 Å². The number of hydrogen-bond acceptors (Lipinski definition) is 5. The summed E-state index contributed by atoms with van der Waals surface area (Å²) in [6.07, 6.45) is 0.861. The third kappa shape index (κ3) is 6.13. The summed E-state index contributed by atoms with van der Waals surface area (Å²) in [6, 6.07) is 8.01. The average Bonchev–Trinajstić information content (AvgIpc) is 3.07. The Kier molecular flexibility index (Phi) is 8.39. The lowest BCUT2D eigenvalue weighted by Gasteiger charge is -2.21. The molecule has 1 aliphatic heterocycles. The SMILES string of the molecule is CN=C(NCc1cccc(OCCCOC)c1)N1CC(C)C(C(=O)OC)C1. The van der Waals surface area contributed by atoms with Crippen molar-refractivity contribution in [1.82, 2.24) is 10.2 Å². The number of carbonyl (C=O) groups excluding carboxylic acids is 1. The summed E-state index contributed by atoms with van der Waals surface area (Å²) in [4.78, 5) is 18.4. The maximum Gasteiger partial charge on any atom is 0.310 e. The van der Waals surface area contributed by atoms with Crippen LogP contribution in [0.15, 0.2) is 29.3 Å². The fourth-order valence-electron chi connectivity index (χ4n) is 3.25. The van der Waals surface area contributed by atoms with Crippen molar-refractivity contribution in [2.75, 3.05) is 47.6 Å². The van der Waals surface area contributed by atoms with Crippen molar-refractivity contribution >= 4 is 11.9 Å². The van der Waals surface area contributed by atoms with Gasteiger partial charge in [-0.3, -0.25) is 9.79 Å². The second kappa shape index (κ2) is 10.8. The maximum atomic E-state index is 11.9. The van der Waals surface area contributed by atoms with E-state index >= 15 is 0 Å². The first kappa shape index (κ1) is 21.0. The zero-order valence-electron chi connectivity index (χ0n) is 16.7. The zero-order chi connectivity index (χ0) is 19.6. The monoisotopic (exact) mass is 377 g/mol. The van der Waals surface area contributed by atoms with Crippen LogP contribution in [0, 0.1) is 11.8 Å². The summed E-state index contributed by atoms with van der Waals surface area (Å²) in [5.41, 5.74) is 1.11. The van der Waals surface area contributed by atoms with Crippen molar-refractivity contribution in [3.63, 3.8) is 0 Å². The molecule has 1 N–H and O–H groups in total. The van der Waals surface area contributed by atoms with E-state index in [0.717, 1.165) is 30.2 Å². The topological polar surface area (TPSA) is 72.4 Å². The van der Waals surface area contributed by atoms with Crippen molar-refractivity contribution in [3.8, 4) is 5.75 Å². The molecule has 0 bridgehead atoms. The number of methoxy groups -OCH3 is 2. The van der Waals surface area contributed by atoms with Gasteiger partial charge < -0.3 is 24.4 Å². The number of aliphatic imine (C=N–C) groups is 1. The van der Waals surface area contributed by atoms with Gasteiger partial charge in [-0.2, -0.15) is 0 Å². The smallest absolute Gasteiger partial charge is 0.310 e. The molecule has 0 saturated carbocycles. The summed E-state index contributed by atoms with van der Waals surface area (Å²) < 4.78 is 15.7. The lowest BCUT2D eigenvalue weighted by Crippen LogP contribution is -2.40. The summed E-state index contributed by atoms with van der Waals surface area (Å²) in [7, 11) is 4.89. The zero-order valence-corrected chi connectivity index (χ0v) is 16.7. The minimum Gasteiger partial charge on any atom is -0.493 e.